The second-order valence-electron chi connectivity index (χ2n) is 3.99. The molecule has 2 rings (SSSR count). The fraction of sp³-hybridized carbons (Fsp3) is 0.273. The normalized spacial score (nSPS) is 12.4. The number of nitro benzene ring substituents is 1. The lowest BCUT2D eigenvalue weighted by molar-refractivity contribution is -0.384. The number of nitro groups is 1. The van der Waals surface area contributed by atoms with Gasteiger partial charge in [0.2, 0.25) is 0 Å². The number of aryl methyl sites for hydroxylation is 1. The third-order valence-electron chi connectivity index (χ3n) is 2.49. The summed E-state index contributed by atoms with van der Waals surface area (Å²) in [6, 6.07) is 4.52. The van der Waals surface area contributed by atoms with E-state index in [2.05, 4.69) is 10.2 Å². The molecular formula is C11H12N4O2S. The molecule has 0 bridgehead atoms. The SMILES string of the molecule is Cc1ccc([N+](=O)[O-])cc1-c1nnc(C(C)N)s1. The Bertz CT molecular complexity index is 594. The van der Waals surface area contributed by atoms with E-state index in [0.29, 0.717) is 5.01 Å². The van der Waals surface area contributed by atoms with Crippen LogP contribution < -0.4 is 5.73 Å². The summed E-state index contributed by atoms with van der Waals surface area (Å²) in [4.78, 5) is 10.3. The summed E-state index contributed by atoms with van der Waals surface area (Å²) in [5.74, 6) is 0. The van der Waals surface area contributed by atoms with Crippen LogP contribution >= 0.6 is 11.3 Å². The van der Waals surface area contributed by atoms with E-state index in [9.17, 15) is 10.1 Å². The minimum Gasteiger partial charge on any atom is -0.322 e. The molecule has 2 aromatic rings. The molecule has 0 saturated carbocycles. The maximum Gasteiger partial charge on any atom is 0.270 e. The van der Waals surface area contributed by atoms with Gasteiger partial charge in [0.15, 0.2) is 0 Å². The first-order chi connectivity index (χ1) is 8.49. The molecule has 0 aliphatic carbocycles. The van der Waals surface area contributed by atoms with E-state index in [0.717, 1.165) is 16.1 Å². The third kappa shape index (κ3) is 2.36. The van der Waals surface area contributed by atoms with E-state index in [4.69, 9.17) is 5.73 Å². The molecule has 0 radical (unpaired) electrons. The molecule has 0 aliphatic heterocycles. The van der Waals surface area contributed by atoms with E-state index < -0.39 is 4.92 Å². The lowest BCUT2D eigenvalue weighted by Gasteiger charge is -2.01. The Morgan fingerprint density at radius 3 is 2.72 bits per heavy atom. The maximum absolute atomic E-state index is 10.8. The minimum absolute atomic E-state index is 0.0492. The van der Waals surface area contributed by atoms with Crippen molar-refractivity contribution >= 4 is 17.0 Å². The van der Waals surface area contributed by atoms with Gasteiger partial charge in [-0.25, -0.2) is 0 Å². The fourth-order valence-electron chi connectivity index (χ4n) is 1.48. The first-order valence-corrected chi connectivity index (χ1v) is 6.15. The van der Waals surface area contributed by atoms with Crippen molar-refractivity contribution in [1.29, 1.82) is 0 Å². The highest BCUT2D eigenvalue weighted by molar-refractivity contribution is 7.14. The van der Waals surface area contributed by atoms with Gasteiger partial charge in [-0.05, 0) is 19.4 Å². The molecule has 7 heteroatoms. The van der Waals surface area contributed by atoms with Crippen LogP contribution in [-0.2, 0) is 0 Å². The van der Waals surface area contributed by atoms with Gasteiger partial charge in [-0.1, -0.05) is 17.4 Å². The van der Waals surface area contributed by atoms with Crippen LogP contribution in [0.1, 0.15) is 23.5 Å². The molecule has 6 nitrogen and oxygen atoms in total. The molecule has 18 heavy (non-hydrogen) atoms. The van der Waals surface area contributed by atoms with Gasteiger partial charge < -0.3 is 5.73 Å². The van der Waals surface area contributed by atoms with Crippen LogP contribution in [0.25, 0.3) is 10.6 Å². The Hall–Kier alpha value is -1.86. The summed E-state index contributed by atoms with van der Waals surface area (Å²) in [6.07, 6.45) is 0. The van der Waals surface area contributed by atoms with E-state index in [1.54, 1.807) is 6.07 Å². The van der Waals surface area contributed by atoms with Gasteiger partial charge in [0.05, 0.1) is 11.0 Å². The molecule has 1 unspecified atom stereocenters. The summed E-state index contributed by atoms with van der Waals surface area (Å²) >= 11 is 1.36. The van der Waals surface area contributed by atoms with Gasteiger partial charge in [-0.2, -0.15) is 0 Å². The number of nitrogens with zero attached hydrogens (tertiary/aromatic N) is 3. The zero-order chi connectivity index (χ0) is 13.3. The molecule has 1 atom stereocenters. The van der Waals surface area contributed by atoms with E-state index in [1.807, 2.05) is 13.8 Å². The number of hydrogen-bond donors (Lipinski definition) is 1. The first kappa shape index (κ1) is 12.6. The molecule has 0 amide bonds. The van der Waals surface area contributed by atoms with Crippen molar-refractivity contribution in [2.75, 3.05) is 0 Å². The minimum atomic E-state index is -0.420. The van der Waals surface area contributed by atoms with Crippen LogP contribution in [0.4, 0.5) is 5.69 Å². The Morgan fingerprint density at radius 1 is 1.44 bits per heavy atom. The molecule has 2 N–H and O–H groups in total. The van der Waals surface area contributed by atoms with Crippen LogP contribution in [0.5, 0.6) is 0 Å². The van der Waals surface area contributed by atoms with E-state index in [-0.39, 0.29) is 11.7 Å². The highest BCUT2D eigenvalue weighted by Crippen LogP contribution is 2.31. The number of benzene rings is 1. The summed E-state index contributed by atoms with van der Waals surface area (Å²) in [5, 5.41) is 20.2. The van der Waals surface area contributed by atoms with Crippen LogP contribution in [0.3, 0.4) is 0 Å². The average Bonchev–Trinajstić information content (AvgIpc) is 2.78. The second-order valence-corrected chi connectivity index (χ2v) is 5.00. The molecule has 1 aromatic heterocycles. The third-order valence-corrected chi connectivity index (χ3v) is 3.65. The van der Waals surface area contributed by atoms with Crippen molar-refractivity contribution in [3.05, 3.63) is 38.9 Å². The van der Waals surface area contributed by atoms with E-state index in [1.165, 1.54) is 23.5 Å². The first-order valence-electron chi connectivity index (χ1n) is 5.33. The number of hydrogen-bond acceptors (Lipinski definition) is 6. The zero-order valence-electron chi connectivity index (χ0n) is 9.95. The smallest absolute Gasteiger partial charge is 0.270 e. The van der Waals surface area contributed by atoms with Gasteiger partial charge in [-0.15, -0.1) is 10.2 Å². The van der Waals surface area contributed by atoms with Gasteiger partial charge >= 0.3 is 0 Å². The van der Waals surface area contributed by atoms with Gasteiger partial charge in [0.1, 0.15) is 10.0 Å². The van der Waals surface area contributed by atoms with Crippen LogP contribution in [0, 0.1) is 17.0 Å². The Labute approximate surface area is 108 Å². The van der Waals surface area contributed by atoms with Crippen LogP contribution in [0.15, 0.2) is 18.2 Å². The summed E-state index contributed by atoms with van der Waals surface area (Å²) < 4.78 is 0. The van der Waals surface area contributed by atoms with Crippen LogP contribution in [0.2, 0.25) is 0 Å². The predicted molar refractivity (Wildman–Crippen MR) is 69.3 cm³/mol. The molecule has 0 aliphatic rings. The number of non-ortho nitro benzene ring substituents is 1. The average molecular weight is 264 g/mol. The number of nitrogens with two attached hydrogens (primary N) is 1. The molecule has 0 spiro atoms. The quantitative estimate of drug-likeness (QED) is 0.678. The zero-order valence-corrected chi connectivity index (χ0v) is 10.8. The maximum atomic E-state index is 10.8. The molecule has 1 heterocycles. The van der Waals surface area contributed by atoms with Crippen molar-refractivity contribution in [3.63, 3.8) is 0 Å². The van der Waals surface area contributed by atoms with Gasteiger partial charge in [0.25, 0.3) is 5.69 Å². The van der Waals surface area contributed by atoms with Crippen molar-refractivity contribution in [2.24, 2.45) is 5.73 Å². The fourth-order valence-corrected chi connectivity index (χ4v) is 2.36. The monoisotopic (exact) mass is 264 g/mol. The summed E-state index contributed by atoms with van der Waals surface area (Å²) in [5.41, 5.74) is 7.42. The summed E-state index contributed by atoms with van der Waals surface area (Å²) in [7, 11) is 0. The van der Waals surface area contributed by atoms with Crippen molar-refractivity contribution < 1.29 is 4.92 Å². The molecule has 94 valence electrons. The Balaban J connectivity index is 2.48. The standard InChI is InChI=1S/C11H12N4O2S/c1-6-3-4-8(15(16)17)5-9(6)11-14-13-10(18-11)7(2)12/h3-5,7H,12H2,1-2H3. The largest absolute Gasteiger partial charge is 0.322 e. The topological polar surface area (TPSA) is 94.9 Å². The predicted octanol–water partition coefficient (Wildman–Crippen LogP) is 2.44. The van der Waals surface area contributed by atoms with Gasteiger partial charge in [0, 0.05) is 17.7 Å². The van der Waals surface area contributed by atoms with Crippen LogP contribution in [-0.4, -0.2) is 15.1 Å². The highest BCUT2D eigenvalue weighted by atomic mass is 32.1. The lowest BCUT2D eigenvalue weighted by Crippen LogP contribution is -2.03. The molecule has 0 fully saturated rings. The number of aromatic nitrogens is 2. The molecule has 0 saturated heterocycles. The van der Waals surface area contributed by atoms with Crippen molar-refractivity contribution in [1.82, 2.24) is 10.2 Å². The van der Waals surface area contributed by atoms with Crippen molar-refractivity contribution in [2.45, 2.75) is 19.9 Å². The summed E-state index contributed by atoms with van der Waals surface area (Å²) in [6.45, 7) is 3.70. The van der Waals surface area contributed by atoms with Crippen molar-refractivity contribution in [3.8, 4) is 10.6 Å². The molecular weight excluding hydrogens is 252 g/mol. The highest BCUT2D eigenvalue weighted by Gasteiger charge is 2.15. The van der Waals surface area contributed by atoms with E-state index >= 15 is 0 Å². The second kappa shape index (κ2) is 4.79. The lowest BCUT2D eigenvalue weighted by atomic mass is 10.1. The Kier molecular flexibility index (Phi) is 3.35. The van der Waals surface area contributed by atoms with Gasteiger partial charge in [-0.3, -0.25) is 10.1 Å². The number of rotatable bonds is 3. The molecule has 1 aromatic carbocycles. The Morgan fingerprint density at radius 2 is 2.17 bits per heavy atom.